The molecule has 0 aromatic heterocycles. The molecule has 0 atom stereocenters. The van der Waals surface area contributed by atoms with Crippen LogP contribution < -0.4 is 5.73 Å². The predicted octanol–water partition coefficient (Wildman–Crippen LogP) is 2.28. The van der Waals surface area contributed by atoms with Crippen LogP contribution in [0.4, 0.5) is 0 Å². The van der Waals surface area contributed by atoms with Crippen LogP contribution in [0.3, 0.4) is 0 Å². The molecule has 3 N–H and O–H groups in total. The van der Waals surface area contributed by atoms with Gasteiger partial charge < -0.3 is 5.73 Å². The molecule has 0 saturated heterocycles. The molecule has 0 aromatic rings. The molecule has 0 unspecified atom stereocenters. The maximum Gasteiger partial charge on any atom is 0.264 e. The highest BCUT2D eigenvalue weighted by atomic mass is 32.2. The molecule has 0 aliphatic heterocycles. The van der Waals surface area contributed by atoms with Crippen LogP contribution in [0.2, 0.25) is 0 Å². The molecule has 0 aromatic carbocycles. The Hall–Kier alpha value is -0.880. The minimum Gasteiger partial charge on any atom is -0.366 e. The molecule has 6 heteroatoms. The van der Waals surface area contributed by atoms with E-state index in [1.807, 2.05) is 0 Å². The van der Waals surface area contributed by atoms with Crippen molar-refractivity contribution in [3.8, 4) is 0 Å². The van der Waals surface area contributed by atoms with Gasteiger partial charge in [0.05, 0.1) is 5.75 Å². The predicted molar refractivity (Wildman–Crippen MR) is 73.8 cm³/mol. The second-order valence-corrected chi connectivity index (χ2v) is 5.59. The summed E-state index contributed by atoms with van der Waals surface area (Å²) in [4.78, 5) is 9.47. The first kappa shape index (κ1) is 19.5. The van der Waals surface area contributed by atoms with E-state index in [9.17, 15) is 13.2 Å². The molecule has 108 valence electrons. The molecule has 0 spiro atoms. The van der Waals surface area contributed by atoms with Gasteiger partial charge in [0.25, 0.3) is 10.1 Å². The number of hydrogen-bond donors (Lipinski definition) is 2. The lowest BCUT2D eigenvalue weighted by Crippen LogP contribution is -2.04. The van der Waals surface area contributed by atoms with E-state index in [0.717, 1.165) is 18.9 Å². The Bertz CT molecular complexity index is 312. The third kappa shape index (κ3) is 24.4. The van der Waals surface area contributed by atoms with Gasteiger partial charge in [0, 0.05) is 0 Å². The number of nitrogens with two attached hydrogens (primary N) is 1. The topological polar surface area (TPSA) is 97.5 Å². The fraction of sp³-hybridized carbons (Fsp3) is 0.750. The quantitative estimate of drug-likeness (QED) is 0.384. The summed E-state index contributed by atoms with van der Waals surface area (Å²) in [6.45, 7) is 5.25. The van der Waals surface area contributed by atoms with E-state index in [4.69, 9.17) is 4.55 Å². The summed E-state index contributed by atoms with van der Waals surface area (Å²) in [5.74, 6) is -0.564. The Morgan fingerprint density at radius 3 is 1.89 bits per heavy atom. The number of amides is 1. The molecule has 0 rings (SSSR count). The van der Waals surface area contributed by atoms with Gasteiger partial charge in [-0.05, 0) is 12.5 Å². The maximum atomic E-state index is 10.3. The maximum absolute atomic E-state index is 10.3. The highest BCUT2D eigenvalue weighted by molar-refractivity contribution is 7.85. The first-order chi connectivity index (χ1) is 8.33. The highest BCUT2D eigenvalue weighted by Gasteiger charge is 2.02. The number of carbonyl (C=O) groups excluding carboxylic acids is 1. The zero-order chi connectivity index (χ0) is 14.4. The van der Waals surface area contributed by atoms with E-state index in [-0.39, 0.29) is 5.75 Å². The van der Waals surface area contributed by atoms with Crippen LogP contribution in [0, 0.1) is 0 Å². The van der Waals surface area contributed by atoms with Gasteiger partial charge in [-0.25, -0.2) is 0 Å². The fourth-order valence-electron chi connectivity index (χ4n) is 1.24. The lowest BCUT2D eigenvalue weighted by molar-refractivity contribution is -0.113. The summed E-state index contributed by atoms with van der Waals surface area (Å²) >= 11 is 0. The lowest BCUT2D eigenvalue weighted by atomic mass is 10.1. The number of rotatable bonds is 9. The van der Waals surface area contributed by atoms with E-state index < -0.39 is 16.0 Å². The Morgan fingerprint density at radius 1 is 1.17 bits per heavy atom. The molecular weight excluding hydrogens is 254 g/mol. The number of unbranched alkanes of at least 4 members (excludes halogenated alkanes) is 6. The smallest absolute Gasteiger partial charge is 0.264 e. The van der Waals surface area contributed by atoms with Crippen molar-refractivity contribution < 1.29 is 17.8 Å². The lowest BCUT2D eigenvalue weighted by Gasteiger charge is -1.99. The van der Waals surface area contributed by atoms with Gasteiger partial charge in [-0.3, -0.25) is 9.35 Å². The molecule has 0 fully saturated rings. The third-order valence-corrected chi connectivity index (χ3v) is 3.01. The highest BCUT2D eigenvalue weighted by Crippen LogP contribution is 2.07. The minimum atomic E-state index is -3.72. The number of carbonyl (C=O) groups is 1. The van der Waals surface area contributed by atoms with Crippen molar-refractivity contribution in [2.75, 3.05) is 5.75 Å². The van der Waals surface area contributed by atoms with Crippen LogP contribution in [0.15, 0.2) is 12.7 Å². The van der Waals surface area contributed by atoms with Crippen molar-refractivity contribution in [1.29, 1.82) is 0 Å². The average molecular weight is 279 g/mol. The summed E-state index contributed by atoms with van der Waals surface area (Å²) in [6, 6.07) is 0. The molecule has 5 nitrogen and oxygen atoms in total. The van der Waals surface area contributed by atoms with Gasteiger partial charge in [-0.2, -0.15) is 8.42 Å². The molecule has 18 heavy (non-hydrogen) atoms. The summed E-state index contributed by atoms with van der Waals surface area (Å²) in [5, 5.41) is 0. The first-order valence-electron chi connectivity index (χ1n) is 6.20. The van der Waals surface area contributed by atoms with Gasteiger partial charge >= 0.3 is 0 Å². The monoisotopic (exact) mass is 279 g/mol. The van der Waals surface area contributed by atoms with Crippen LogP contribution >= 0.6 is 0 Å². The number of primary amides is 1. The van der Waals surface area contributed by atoms with Gasteiger partial charge in [0.15, 0.2) is 0 Å². The molecule has 0 aliphatic rings. The van der Waals surface area contributed by atoms with Crippen LogP contribution in [-0.4, -0.2) is 24.6 Å². The standard InChI is InChI=1S/C9H20O3S.C3H5NO/c1-2-3-4-5-6-7-8-9-13(10,11)12;1-2-3(4)5/h2-9H2,1H3,(H,10,11,12);2H,1H2,(H2,4,5). The second kappa shape index (κ2) is 12.6. The van der Waals surface area contributed by atoms with Crippen LogP contribution in [0.25, 0.3) is 0 Å². The molecule has 1 amide bonds. The fourth-order valence-corrected chi connectivity index (χ4v) is 1.81. The zero-order valence-corrected chi connectivity index (χ0v) is 11.9. The van der Waals surface area contributed by atoms with E-state index in [2.05, 4.69) is 19.2 Å². The van der Waals surface area contributed by atoms with Crippen molar-refractivity contribution in [3.63, 3.8) is 0 Å². The van der Waals surface area contributed by atoms with Gasteiger partial charge in [-0.15, -0.1) is 0 Å². The van der Waals surface area contributed by atoms with Gasteiger partial charge in [0.1, 0.15) is 0 Å². The summed E-state index contributed by atoms with van der Waals surface area (Å²) in [6.07, 6.45) is 8.54. The van der Waals surface area contributed by atoms with Crippen molar-refractivity contribution in [3.05, 3.63) is 12.7 Å². The first-order valence-corrected chi connectivity index (χ1v) is 7.81. The Kier molecular flexibility index (Phi) is 13.6. The zero-order valence-electron chi connectivity index (χ0n) is 11.1. The number of hydrogen-bond acceptors (Lipinski definition) is 3. The Balaban J connectivity index is 0. The molecule has 0 saturated carbocycles. The van der Waals surface area contributed by atoms with Crippen molar-refractivity contribution in [2.45, 2.75) is 51.9 Å². The van der Waals surface area contributed by atoms with E-state index in [1.165, 1.54) is 25.7 Å². The molecular formula is C12H25NO4S. The summed E-state index contributed by atoms with van der Waals surface area (Å²) in [7, 11) is -3.72. The normalized spacial score (nSPS) is 10.3. The Labute approximate surface area is 110 Å². The average Bonchev–Trinajstić information content (AvgIpc) is 2.27. The van der Waals surface area contributed by atoms with E-state index >= 15 is 0 Å². The summed E-state index contributed by atoms with van der Waals surface area (Å²) < 4.78 is 29.1. The van der Waals surface area contributed by atoms with Gasteiger partial charge in [-0.1, -0.05) is 52.0 Å². The SMILES string of the molecule is C=CC(N)=O.CCCCCCCCCS(=O)(=O)O. The van der Waals surface area contributed by atoms with Crippen LogP contribution in [0.1, 0.15) is 51.9 Å². The molecule has 0 bridgehead atoms. The summed E-state index contributed by atoms with van der Waals surface area (Å²) in [5.41, 5.74) is 4.53. The van der Waals surface area contributed by atoms with E-state index in [1.54, 1.807) is 0 Å². The van der Waals surface area contributed by atoms with E-state index in [0.29, 0.717) is 6.42 Å². The molecule has 0 heterocycles. The van der Waals surface area contributed by atoms with Crippen LogP contribution in [-0.2, 0) is 14.9 Å². The molecule has 0 radical (unpaired) electrons. The van der Waals surface area contributed by atoms with Crippen LogP contribution in [0.5, 0.6) is 0 Å². The van der Waals surface area contributed by atoms with Gasteiger partial charge in [0.2, 0.25) is 5.91 Å². The largest absolute Gasteiger partial charge is 0.366 e. The molecule has 0 aliphatic carbocycles. The Morgan fingerprint density at radius 2 is 1.56 bits per heavy atom. The van der Waals surface area contributed by atoms with Crippen molar-refractivity contribution in [1.82, 2.24) is 0 Å². The third-order valence-electron chi connectivity index (χ3n) is 2.21. The van der Waals surface area contributed by atoms with Crippen molar-refractivity contribution >= 4 is 16.0 Å². The second-order valence-electron chi connectivity index (χ2n) is 4.01. The van der Waals surface area contributed by atoms with Crippen molar-refractivity contribution in [2.24, 2.45) is 5.73 Å². The minimum absolute atomic E-state index is 0.0826.